The zero-order valence-electron chi connectivity index (χ0n) is 21.0. The Kier molecular flexibility index (Phi) is 5.39. The Labute approximate surface area is 223 Å². The van der Waals surface area contributed by atoms with Crippen LogP contribution >= 0.6 is 7.53 Å². The molecule has 0 saturated heterocycles. The van der Waals surface area contributed by atoms with Gasteiger partial charge in [-0.1, -0.05) is 130 Å². The third-order valence-electron chi connectivity index (χ3n) is 7.48. The summed E-state index contributed by atoms with van der Waals surface area (Å²) in [6.45, 7) is 8.40. The second-order valence-corrected chi connectivity index (χ2v) is 11.6. The van der Waals surface area contributed by atoms with E-state index in [1.165, 1.54) is 65.3 Å². The van der Waals surface area contributed by atoms with Gasteiger partial charge in [-0.15, -0.1) is 0 Å². The first kappa shape index (κ1) is 22.6. The fourth-order valence-corrected chi connectivity index (χ4v) is 8.63. The highest BCUT2D eigenvalue weighted by Crippen LogP contribution is 2.57. The normalized spacial score (nSPS) is 11.8. The van der Waals surface area contributed by atoms with E-state index in [0.717, 1.165) is 0 Å². The van der Waals surface area contributed by atoms with Crippen molar-refractivity contribution >= 4 is 52.0 Å². The van der Waals surface area contributed by atoms with Crippen LogP contribution in [-0.2, 0) is 0 Å². The van der Waals surface area contributed by atoms with Gasteiger partial charge in [0.25, 0.3) is 0 Å². The lowest BCUT2D eigenvalue weighted by Crippen LogP contribution is -1.93. The summed E-state index contributed by atoms with van der Waals surface area (Å²) in [5, 5.41) is 7.81. The lowest BCUT2D eigenvalue weighted by molar-refractivity contribution is 1.18. The van der Waals surface area contributed by atoms with Crippen LogP contribution in [0.25, 0.3) is 66.6 Å². The van der Waals surface area contributed by atoms with Crippen molar-refractivity contribution in [1.29, 1.82) is 0 Å². The Balaban J connectivity index is 1.58. The summed E-state index contributed by atoms with van der Waals surface area (Å²) < 4.78 is 2.39. The minimum atomic E-state index is -0.740. The van der Waals surface area contributed by atoms with Gasteiger partial charge in [-0.05, 0) is 51.6 Å². The molecule has 38 heavy (non-hydrogen) atoms. The van der Waals surface area contributed by atoms with Crippen LogP contribution < -0.4 is 0 Å². The molecule has 5 aromatic carbocycles. The number of hydrogen-bond donors (Lipinski definition) is 0. The van der Waals surface area contributed by atoms with Crippen LogP contribution in [0.5, 0.6) is 0 Å². The summed E-state index contributed by atoms with van der Waals surface area (Å²) in [6.07, 6.45) is 4.04. The number of nitrogens with zero attached hydrogens (tertiary/aromatic N) is 1. The maximum absolute atomic E-state index is 4.22. The van der Waals surface area contributed by atoms with Gasteiger partial charge in [-0.25, -0.2) is 0 Å². The Morgan fingerprint density at radius 2 is 1.26 bits per heavy atom. The number of rotatable bonds is 5. The number of aromatic nitrogens is 1. The van der Waals surface area contributed by atoms with E-state index in [4.69, 9.17) is 0 Å². The van der Waals surface area contributed by atoms with E-state index >= 15 is 0 Å². The zero-order valence-corrected chi connectivity index (χ0v) is 21.9. The van der Waals surface area contributed by atoms with Crippen LogP contribution in [0.1, 0.15) is 10.9 Å². The van der Waals surface area contributed by atoms with Gasteiger partial charge in [0, 0.05) is 26.9 Å². The van der Waals surface area contributed by atoms with Crippen LogP contribution in [0.4, 0.5) is 0 Å². The van der Waals surface area contributed by atoms with Crippen molar-refractivity contribution in [1.82, 2.24) is 4.57 Å². The van der Waals surface area contributed by atoms with Crippen molar-refractivity contribution < 1.29 is 0 Å². The molecular formula is C36H26NP. The van der Waals surface area contributed by atoms with Crippen molar-refractivity contribution in [2.24, 2.45) is 0 Å². The maximum atomic E-state index is 4.22. The highest BCUT2D eigenvalue weighted by Gasteiger charge is 2.20. The molecule has 1 atom stereocenters. The first-order valence-electron chi connectivity index (χ1n) is 12.9. The molecule has 1 unspecified atom stereocenters. The number of fused-ring (bicyclic) bond motifs is 4. The Bertz CT molecular complexity index is 1990. The average Bonchev–Trinajstić information content (AvgIpc) is 3.50. The van der Waals surface area contributed by atoms with E-state index in [9.17, 15) is 0 Å². The molecule has 0 N–H and O–H groups in total. The molecule has 2 aromatic heterocycles. The van der Waals surface area contributed by atoms with Gasteiger partial charge < -0.3 is 4.57 Å². The molecule has 7 aromatic rings. The quantitative estimate of drug-likeness (QED) is 0.220. The molecule has 0 amide bonds. The Morgan fingerprint density at radius 1 is 0.579 bits per heavy atom. The molecule has 2 heterocycles. The van der Waals surface area contributed by atoms with E-state index in [1.807, 2.05) is 12.2 Å². The average molecular weight is 504 g/mol. The molecule has 0 saturated carbocycles. The van der Waals surface area contributed by atoms with Crippen LogP contribution in [0.3, 0.4) is 0 Å². The first-order valence-corrected chi connectivity index (χ1v) is 14.2. The largest absolute Gasteiger partial charge is 0.309 e. The maximum Gasteiger partial charge on any atom is 0.0547 e. The van der Waals surface area contributed by atoms with Crippen molar-refractivity contribution in [3.05, 3.63) is 145 Å². The van der Waals surface area contributed by atoms with Crippen molar-refractivity contribution in [3.63, 3.8) is 0 Å². The first-order chi connectivity index (χ1) is 18.8. The SMILES string of the molecule is C=Cc1c(C=C)p(-c2ccccc2)c2c(-c3ccc4c5ccccc5n(-c5ccccc5)c4c3)cccc12. The van der Waals surface area contributed by atoms with Crippen LogP contribution in [0.15, 0.2) is 134 Å². The topological polar surface area (TPSA) is 4.93 Å². The summed E-state index contributed by atoms with van der Waals surface area (Å²) in [4.78, 5) is 0. The lowest BCUT2D eigenvalue weighted by atomic mass is 10.0. The molecule has 180 valence electrons. The van der Waals surface area contributed by atoms with E-state index in [2.05, 4.69) is 139 Å². The Morgan fingerprint density at radius 3 is 2.03 bits per heavy atom. The molecule has 0 aliphatic carbocycles. The van der Waals surface area contributed by atoms with E-state index in [1.54, 1.807) is 0 Å². The summed E-state index contributed by atoms with van der Waals surface area (Å²) >= 11 is 0. The molecule has 0 radical (unpaired) electrons. The highest BCUT2D eigenvalue weighted by molar-refractivity contribution is 7.64. The third-order valence-corrected chi connectivity index (χ3v) is 10.1. The fraction of sp³-hybridized carbons (Fsp3) is 0. The second kappa shape index (κ2) is 9.06. The summed E-state index contributed by atoms with van der Waals surface area (Å²) in [5.41, 5.74) is 7.32. The minimum Gasteiger partial charge on any atom is -0.309 e. The van der Waals surface area contributed by atoms with Gasteiger partial charge in [0.2, 0.25) is 0 Å². The van der Waals surface area contributed by atoms with Gasteiger partial charge in [0.05, 0.1) is 11.0 Å². The lowest BCUT2D eigenvalue weighted by Gasteiger charge is -2.11. The second-order valence-electron chi connectivity index (χ2n) is 9.50. The standard InChI is InChI=1S/C36H26NP/c1-3-28-32-20-13-19-29(36(32)38(35(28)4-2)27-16-9-6-10-17-27)25-22-23-31-30-18-11-12-21-33(30)37(34(31)24-25)26-14-7-5-8-15-26/h3-24H,1-2H2. The molecule has 0 bridgehead atoms. The third kappa shape index (κ3) is 3.33. The molecule has 2 heteroatoms. The van der Waals surface area contributed by atoms with Crippen molar-refractivity contribution in [2.45, 2.75) is 0 Å². The molecule has 1 nitrogen and oxygen atoms in total. The zero-order chi connectivity index (χ0) is 25.6. The smallest absolute Gasteiger partial charge is 0.0547 e. The molecular weight excluding hydrogens is 477 g/mol. The van der Waals surface area contributed by atoms with Gasteiger partial charge >= 0.3 is 0 Å². The molecule has 0 aliphatic heterocycles. The minimum absolute atomic E-state index is 0.740. The van der Waals surface area contributed by atoms with Crippen molar-refractivity contribution in [2.75, 3.05) is 0 Å². The number of hydrogen-bond acceptors (Lipinski definition) is 0. The highest BCUT2D eigenvalue weighted by atomic mass is 31.1. The van der Waals surface area contributed by atoms with E-state index in [0.29, 0.717) is 0 Å². The van der Waals surface area contributed by atoms with Gasteiger partial charge in [0.15, 0.2) is 0 Å². The van der Waals surface area contributed by atoms with Crippen LogP contribution in [-0.4, -0.2) is 4.57 Å². The van der Waals surface area contributed by atoms with Crippen LogP contribution in [0.2, 0.25) is 0 Å². The predicted octanol–water partition coefficient (Wildman–Crippen LogP) is 10.9. The molecule has 0 spiro atoms. The van der Waals surface area contributed by atoms with Crippen LogP contribution in [0, 0.1) is 0 Å². The van der Waals surface area contributed by atoms with E-state index < -0.39 is 7.53 Å². The van der Waals surface area contributed by atoms with Gasteiger partial charge in [-0.3, -0.25) is 0 Å². The fourth-order valence-electron chi connectivity index (χ4n) is 5.87. The monoisotopic (exact) mass is 503 g/mol. The summed E-state index contributed by atoms with van der Waals surface area (Å²) in [7, 11) is -0.740. The predicted molar refractivity (Wildman–Crippen MR) is 168 cm³/mol. The van der Waals surface area contributed by atoms with E-state index in [-0.39, 0.29) is 0 Å². The molecule has 7 rings (SSSR count). The molecule has 0 fully saturated rings. The Hall–Kier alpha value is -4.58. The van der Waals surface area contributed by atoms with Gasteiger partial charge in [0.1, 0.15) is 0 Å². The number of para-hydroxylation sites is 2. The number of benzene rings is 5. The molecule has 0 aliphatic rings. The summed E-state index contributed by atoms with van der Waals surface area (Å²) in [5.74, 6) is 0. The summed E-state index contributed by atoms with van der Waals surface area (Å²) in [6, 6.07) is 43.9. The van der Waals surface area contributed by atoms with Crippen molar-refractivity contribution in [3.8, 4) is 22.1 Å². The van der Waals surface area contributed by atoms with Gasteiger partial charge in [-0.2, -0.15) is 0 Å².